The molecule has 0 spiro atoms. The Morgan fingerprint density at radius 2 is 2.17 bits per heavy atom. The van der Waals surface area contributed by atoms with Crippen LogP contribution >= 0.6 is 11.6 Å². The van der Waals surface area contributed by atoms with Crippen LogP contribution in [0, 0.1) is 0 Å². The molecule has 0 fully saturated rings. The highest BCUT2D eigenvalue weighted by Crippen LogP contribution is 2.28. The summed E-state index contributed by atoms with van der Waals surface area (Å²) in [6, 6.07) is 7.00. The van der Waals surface area contributed by atoms with Crippen molar-refractivity contribution in [2.75, 3.05) is 17.9 Å². The predicted octanol–water partition coefficient (Wildman–Crippen LogP) is 2.17. The smallest absolute Gasteiger partial charge is 0.239 e. The molecule has 1 aromatic carbocycles. The minimum atomic E-state index is 0.319. The minimum absolute atomic E-state index is 0.319. The summed E-state index contributed by atoms with van der Waals surface area (Å²) in [5.41, 5.74) is 3.06. The number of methoxy groups -OCH3 is 1. The summed E-state index contributed by atoms with van der Waals surface area (Å²) >= 11 is 6.07. The van der Waals surface area contributed by atoms with Gasteiger partial charge in [0.25, 0.3) is 0 Å². The first-order chi connectivity index (χ1) is 8.72. The van der Waals surface area contributed by atoms with Gasteiger partial charge in [-0.3, -0.25) is 5.43 Å². The zero-order valence-electron chi connectivity index (χ0n) is 9.64. The second kappa shape index (κ2) is 5.52. The molecule has 0 amide bonds. The van der Waals surface area contributed by atoms with E-state index >= 15 is 0 Å². The molecule has 2 rings (SSSR count). The average Bonchev–Trinajstić information content (AvgIpc) is 2.41. The molecule has 0 aliphatic heterocycles. The van der Waals surface area contributed by atoms with Gasteiger partial charge >= 0.3 is 0 Å². The molecule has 0 aliphatic carbocycles. The molecular weight excluding hydrogens is 254 g/mol. The van der Waals surface area contributed by atoms with E-state index in [1.54, 1.807) is 37.6 Å². The molecule has 2 aromatic rings. The highest BCUT2D eigenvalue weighted by Gasteiger charge is 2.04. The van der Waals surface area contributed by atoms with E-state index < -0.39 is 0 Å². The van der Waals surface area contributed by atoms with Gasteiger partial charge in [-0.15, -0.1) is 0 Å². The van der Waals surface area contributed by atoms with Gasteiger partial charge in [-0.1, -0.05) is 11.6 Å². The highest BCUT2D eigenvalue weighted by molar-refractivity contribution is 6.33. The van der Waals surface area contributed by atoms with Crippen molar-refractivity contribution in [2.24, 2.45) is 5.84 Å². The maximum Gasteiger partial charge on any atom is 0.239 e. The first-order valence-electron chi connectivity index (χ1n) is 5.13. The third kappa shape index (κ3) is 2.79. The second-order valence-electron chi connectivity index (χ2n) is 3.38. The van der Waals surface area contributed by atoms with Crippen LogP contribution in [0.2, 0.25) is 5.02 Å². The maximum atomic E-state index is 6.07. The van der Waals surface area contributed by atoms with Crippen LogP contribution in [-0.4, -0.2) is 17.1 Å². The molecule has 0 aliphatic rings. The average molecular weight is 266 g/mol. The van der Waals surface area contributed by atoms with E-state index in [4.69, 9.17) is 22.2 Å². The van der Waals surface area contributed by atoms with Gasteiger partial charge in [-0.05, 0) is 18.2 Å². The number of nitrogens with one attached hydrogen (secondary N) is 2. The van der Waals surface area contributed by atoms with Crippen LogP contribution in [0.5, 0.6) is 5.75 Å². The van der Waals surface area contributed by atoms with E-state index in [1.165, 1.54) is 0 Å². The normalized spacial score (nSPS) is 9.94. The molecule has 0 radical (unpaired) electrons. The van der Waals surface area contributed by atoms with Crippen molar-refractivity contribution in [1.29, 1.82) is 0 Å². The molecule has 0 saturated carbocycles. The van der Waals surface area contributed by atoms with E-state index in [0.717, 1.165) is 0 Å². The Hall–Kier alpha value is -2.05. The molecule has 94 valence electrons. The first-order valence-corrected chi connectivity index (χ1v) is 5.51. The molecule has 4 N–H and O–H groups in total. The minimum Gasteiger partial charge on any atom is -0.497 e. The maximum absolute atomic E-state index is 6.07. The van der Waals surface area contributed by atoms with Gasteiger partial charge in [0.2, 0.25) is 5.95 Å². The number of halogens is 1. The predicted molar refractivity (Wildman–Crippen MR) is 71.1 cm³/mol. The van der Waals surface area contributed by atoms with Crippen LogP contribution in [0.3, 0.4) is 0 Å². The Morgan fingerprint density at radius 3 is 2.89 bits per heavy atom. The molecule has 18 heavy (non-hydrogen) atoms. The van der Waals surface area contributed by atoms with Crippen LogP contribution < -0.4 is 21.3 Å². The van der Waals surface area contributed by atoms with E-state index in [0.29, 0.717) is 28.2 Å². The summed E-state index contributed by atoms with van der Waals surface area (Å²) < 4.78 is 5.13. The number of hydrogen-bond donors (Lipinski definition) is 3. The van der Waals surface area contributed by atoms with E-state index in [9.17, 15) is 0 Å². The van der Waals surface area contributed by atoms with Gasteiger partial charge in [0.1, 0.15) is 11.6 Å². The lowest BCUT2D eigenvalue weighted by atomic mass is 10.3. The lowest BCUT2D eigenvalue weighted by Crippen LogP contribution is -2.10. The van der Waals surface area contributed by atoms with Crippen LogP contribution in [-0.2, 0) is 0 Å². The number of nitrogens with zero attached hydrogens (tertiary/aromatic N) is 2. The number of hydrazine groups is 1. The zero-order valence-corrected chi connectivity index (χ0v) is 10.4. The molecule has 1 heterocycles. The Labute approximate surface area is 109 Å². The summed E-state index contributed by atoms with van der Waals surface area (Å²) in [5, 5.41) is 3.63. The quantitative estimate of drug-likeness (QED) is 0.580. The zero-order chi connectivity index (χ0) is 13.0. The molecule has 0 bridgehead atoms. The van der Waals surface area contributed by atoms with E-state index in [1.807, 2.05) is 0 Å². The number of aromatic nitrogens is 2. The van der Waals surface area contributed by atoms with Crippen LogP contribution in [0.1, 0.15) is 0 Å². The van der Waals surface area contributed by atoms with Crippen molar-refractivity contribution >= 4 is 29.1 Å². The fourth-order valence-electron chi connectivity index (χ4n) is 1.36. The van der Waals surface area contributed by atoms with Gasteiger partial charge in [0.15, 0.2) is 0 Å². The highest BCUT2D eigenvalue weighted by atomic mass is 35.5. The topological polar surface area (TPSA) is 85.1 Å². The standard InChI is InChI=1S/C11H12ClN5O/c1-18-7-2-3-8(12)9(6-7)15-10-4-5-14-11(16-10)17-13/h2-6H,13H2,1H3,(H2,14,15,16,17). The van der Waals surface area contributed by atoms with Crippen molar-refractivity contribution in [2.45, 2.75) is 0 Å². The lowest BCUT2D eigenvalue weighted by Gasteiger charge is -2.09. The van der Waals surface area contributed by atoms with Crippen molar-refractivity contribution < 1.29 is 4.74 Å². The van der Waals surface area contributed by atoms with E-state index in [-0.39, 0.29) is 0 Å². The molecule has 7 heteroatoms. The fourth-order valence-corrected chi connectivity index (χ4v) is 1.53. The van der Waals surface area contributed by atoms with Crippen molar-refractivity contribution in [3.05, 3.63) is 35.5 Å². The largest absolute Gasteiger partial charge is 0.497 e. The molecule has 0 saturated heterocycles. The van der Waals surface area contributed by atoms with Crippen LogP contribution in [0.15, 0.2) is 30.5 Å². The Morgan fingerprint density at radius 1 is 1.33 bits per heavy atom. The molecule has 6 nitrogen and oxygen atoms in total. The number of rotatable bonds is 4. The lowest BCUT2D eigenvalue weighted by molar-refractivity contribution is 0.415. The summed E-state index contributed by atoms with van der Waals surface area (Å²) in [4.78, 5) is 8.04. The van der Waals surface area contributed by atoms with Crippen molar-refractivity contribution in [1.82, 2.24) is 9.97 Å². The number of nitrogen functional groups attached to an aromatic ring is 1. The Balaban J connectivity index is 2.27. The van der Waals surface area contributed by atoms with Gasteiger partial charge in [0.05, 0.1) is 17.8 Å². The van der Waals surface area contributed by atoms with Crippen LogP contribution in [0.25, 0.3) is 0 Å². The van der Waals surface area contributed by atoms with E-state index in [2.05, 4.69) is 20.7 Å². The monoisotopic (exact) mass is 265 g/mol. The number of hydrogen-bond acceptors (Lipinski definition) is 6. The summed E-state index contributed by atoms with van der Waals surface area (Å²) in [6.07, 6.45) is 1.58. The van der Waals surface area contributed by atoms with Gasteiger partial charge in [-0.2, -0.15) is 4.98 Å². The van der Waals surface area contributed by atoms with Crippen molar-refractivity contribution in [3.8, 4) is 5.75 Å². The molecule has 0 unspecified atom stereocenters. The summed E-state index contributed by atoms with van der Waals surface area (Å²) in [6.45, 7) is 0. The Bertz CT molecular complexity index is 549. The summed E-state index contributed by atoms with van der Waals surface area (Å²) in [5.74, 6) is 6.84. The van der Waals surface area contributed by atoms with Crippen molar-refractivity contribution in [3.63, 3.8) is 0 Å². The summed E-state index contributed by atoms with van der Waals surface area (Å²) in [7, 11) is 1.59. The number of benzene rings is 1. The molecule has 1 aromatic heterocycles. The third-order valence-electron chi connectivity index (χ3n) is 2.22. The second-order valence-corrected chi connectivity index (χ2v) is 3.79. The molecule has 0 atom stereocenters. The number of nitrogens with two attached hydrogens (primary N) is 1. The van der Waals surface area contributed by atoms with Gasteiger partial charge in [0, 0.05) is 12.3 Å². The molecular formula is C11H12ClN5O. The number of anilines is 3. The third-order valence-corrected chi connectivity index (χ3v) is 2.55. The van der Waals surface area contributed by atoms with Gasteiger partial charge in [-0.25, -0.2) is 10.8 Å². The Kier molecular flexibility index (Phi) is 3.81. The fraction of sp³-hybridized carbons (Fsp3) is 0.0909. The first kappa shape index (κ1) is 12.4. The van der Waals surface area contributed by atoms with Gasteiger partial charge < -0.3 is 10.1 Å². The number of ether oxygens (including phenoxy) is 1. The van der Waals surface area contributed by atoms with Crippen LogP contribution in [0.4, 0.5) is 17.5 Å². The SMILES string of the molecule is COc1ccc(Cl)c(Nc2ccnc(NN)n2)c1.